The fourth-order valence-electron chi connectivity index (χ4n) is 4.17. The molecule has 0 spiro atoms. The Morgan fingerprint density at radius 3 is 2.26 bits per heavy atom. The van der Waals surface area contributed by atoms with Crippen LogP contribution in [-0.4, -0.2) is 37.1 Å². The molecule has 0 saturated carbocycles. The molecule has 35 heavy (non-hydrogen) atoms. The van der Waals surface area contributed by atoms with Crippen molar-refractivity contribution in [1.29, 1.82) is 0 Å². The van der Waals surface area contributed by atoms with Crippen LogP contribution in [0.4, 0.5) is 5.69 Å². The number of amides is 1. The number of rotatable bonds is 7. The molecule has 3 aromatic rings. The quantitative estimate of drug-likeness (QED) is 0.291. The summed E-state index contributed by atoms with van der Waals surface area (Å²) in [6.07, 6.45) is -0.0579. The highest BCUT2D eigenvalue weighted by Crippen LogP contribution is 2.43. The van der Waals surface area contributed by atoms with Gasteiger partial charge in [-0.1, -0.05) is 30.3 Å². The van der Waals surface area contributed by atoms with Gasteiger partial charge in [-0.05, 0) is 61.9 Å². The van der Waals surface area contributed by atoms with Crippen molar-refractivity contribution in [3.8, 4) is 17.2 Å². The maximum Gasteiger partial charge on any atom is 0.300 e. The Bertz CT molecular complexity index is 1280. The summed E-state index contributed by atoms with van der Waals surface area (Å²) in [4.78, 5) is 28.0. The third-order valence-corrected chi connectivity index (χ3v) is 5.68. The zero-order chi connectivity index (χ0) is 25.1. The van der Waals surface area contributed by atoms with Gasteiger partial charge in [0.15, 0.2) is 11.5 Å². The second kappa shape index (κ2) is 9.93. The number of Topliss-reactive ketones (excluding diaryl/α,β-unsaturated/α-hetero) is 1. The van der Waals surface area contributed by atoms with Crippen LogP contribution in [-0.2, 0) is 9.59 Å². The predicted octanol–water partition coefficient (Wildman–Crippen LogP) is 5.12. The number of hydrogen-bond donors (Lipinski definition) is 1. The lowest BCUT2D eigenvalue weighted by molar-refractivity contribution is -0.132. The molecule has 7 nitrogen and oxygen atoms in total. The minimum atomic E-state index is -0.860. The number of para-hydroxylation sites is 1. The smallest absolute Gasteiger partial charge is 0.300 e. The van der Waals surface area contributed by atoms with Crippen LogP contribution < -0.4 is 19.1 Å². The van der Waals surface area contributed by atoms with Gasteiger partial charge >= 0.3 is 0 Å². The van der Waals surface area contributed by atoms with Gasteiger partial charge in [0.05, 0.1) is 31.9 Å². The van der Waals surface area contributed by atoms with Crippen LogP contribution in [0.2, 0.25) is 0 Å². The van der Waals surface area contributed by atoms with E-state index >= 15 is 0 Å². The van der Waals surface area contributed by atoms with Crippen molar-refractivity contribution in [2.45, 2.75) is 26.0 Å². The van der Waals surface area contributed by atoms with Crippen LogP contribution in [0.1, 0.15) is 31.0 Å². The lowest BCUT2D eigenvalue weighted by atomic mass is 9.94. The molecule has 1 aliphatic heterocycles. The lowest BCUT2D eigenvalue weighted by Gasteiger charge is -2.26. The second-order valence-electron chi connectivity index (χ2n) is 8.31. The summed E-state index contributed by atoms with van der Waals surface area (Å²) in [5.74, 6) is -0.341. The monoisotopic (exact) mass is 473 g/mol. The summed E-state index contributed by atoms with van der Waals surface area (Å²) in [5, 5.41) is 11.4. The van der Waals surface area contributed by atoms with Gasteiger partial charge in [0, 0.05) is 11.3 Å². The highest BCUT2D eigenvalue weighted by atomic mass is 16.5. The summed E-state index contributed by atoms with van der Waals surface area (Å²) in [6, 6.07) is 20.1. The highest BCUT2D eigenvalue weighted by Gasteiger charge is 2.47. The van der Waals surface area contributed by atoms with Crippen LogP contribution in [0.5, 0.6) is 17.2 Å². The minimum absolute atomic E-state index is 0.0206. The van der Waals surface area contributed by atoms with Crippen molar-refractivity contribution in [3.63, 3.8) is 0 Å². The number of carbonyl (C=O) groups is 2. The molecule has 1 saturated heterocycles. The van der Waals surface area contributed by atoms with E-state index in [1.54, 1.807) is 54.6 Å². The van der Waals surface area contributed by atoms with E-state index in [0.717, 1.165) is 0 Å². The second-order valence-corrected chi connectivity index (χ2v) is 8.31. The molecular weight excluding hydrogens is 446 g/mol. The molecule has 0 aliphatic carbocycles. The number of ketones is 1. The molecule has 1 N–H and O–H groups in total. The molecule has 1 unspecified atom stereocenters. The minimum Gasteiger partial charge on any atom is -0.507 e. The van der Waals surface area contributed by atoms with E-state index in [1.807, 2.05) is 32.0 Å². The zero-order valence-corrected chi connectivity index (χ0v) is 20.0. The molecule has 0 bridgehead atoms. The Labute approximate surface area is 204 Å². The SMILES string of the molecule is COc1ccc(/C(O)=C2\C(=O)C(=O)N(c3ccccc3)C2c2cccc(OC(C)C)c2)cc1OC. The first-order valence-corrected chi connectivity index (χ1v) is 11.2. The van der Waals surface area contributed by atoms with E-state index in [1.165, 1.54) is 19.1 Å². The number of benzene rings is 3. The Balaban J connectivity index is 1.93. The van der Waals surface area contributed by atoms with Crippen molar-refractivity contribution < 1.29 is 28.9 Å². The number of methoxy groups -OCH3 is 2. The molecule has 1 heterocycles. The van der Waals surface area contributed by atoms with Gasteiger partial charge in [-0.2, -0.15) is 0 Å². The van der Waals surface area contributed by atoms with Crippen molar-refractivity contribution >= 4 is 23.1 Å². The molecule has 1 atom stereocenters. The molecule has 7 heteroatoms. The van der Waals surface area contributed by atoms with Gasteiger partial charge in [0.1, 0.15) is 11.5 Å². The summed E-state index contributed by atoms with van der Waals surface area (Å²) in [5.41, 5.74) is 1.48. The van der Waals surface area contributed by atoms with Crippen LogP contribution >= 0.6 is 0 Å². The average molecular weight is 474 g/mol. The van der Waals surface area contributed by atoms with Gasteiger partial charge in [0.2, 0.25) is 0 Å². The first-order chi connectivity index (χ1) is 16.8. The number of aliphatic hydroxyl groups excluding tert-OH is 1. The van der Waals surface area contributed by atoms with Gasteiger partial charge < -0.3 is 19.3 Å². The summed E-state index contributed by atoms with van der Waals surface area (Å²) in [7, 11) is 2.99. The maximum absolute atomic E-state index is 13.3. The molecule has 1 amide bonds. The molecule has 0 aromatic heterocycles. The number of hydrogen-bond acceptors (Lipinski definition) is 6. The van der Waals surface area contributed by atoms with E-state index in [9.17, 15) is 14.7 Å². The van der Waals surface area contributed by atoms with Crippen molar-refractivity contribution in [2.75, 3.05) is 19.1 Å². The Morgan fingerprint density at radius 2 is 1.60 bits per heavy atom. The van der Waals surface area contributed by atoms with Crippen LogP contribution in [0, 0.1) is 0 Å². The Morgan fingerprint density at radius 1 is 0.886 bits per heavy atom. The van der Waals surface area contributed by atoms with Crippen molar-refractivity contribution in [2.24, 2.45) is 0 Å². The molecule has 4 rings (SSSR count). The largest absolute Gasteiger partial charge is 0.507 e. The molecule has 1 aliphatic rings. The summed E-state index contributed by atoms with van der Waals surface area (Å²) >= 11 is 0. The first-order valence-electron chi connectivity index (χ1n) is 11.2. The molecule has 180 valence electrons. The van der Waals surface area contributed by atoms with Gasteiger partial charge in [-0.25, -0.2) is 0 Å². The summed E-state index contributed by atoms with van der Waals surface area (Å²) in [6.45, 7) is 3.83. The number of anilines is 1. The van der Waals surface area contributed by atoms with Crippen LogP contribution in [0.15, 0.2) is 78.4 Å². The first kappa shape index (κ1) is 23.9. The third kappa shape index (κ3) is 4.57. The fourth-order valence-corrected chi connectivity index (χ4v) is 4.17. The third-order valence-electron chi connectivity index (χ3n) is 5.68. The number of carbonyl (C=O) groups excluding carboxylic acids is 2. The lowest BCUT2D eigenvalue weighted by Crippen LogP contribution is -2.29. The highest BCUT2D eigenvalue weighted by molar-refractivity contribution is 6.51. The number of nitrogens with zero attached hydrogens (tertiary/aromatic N) is 1. The van der Waals surface area contributed by atoms with E-state index in [-0.39, 0.29) is 17.4 Å². The van der Waals surface area contributed by atoms with Crippen molar-refractivity contribution in [3.05, 3.63) is 89.5 Å². The van der Waals surface area contributed by atoms with Gasteiger partial charge in [-0.3, -0.25) is 14.5 Å². The summed E-state index contributed by atoms with van der Waals surface area (Å²) < 4.78 is 16.5. The topological polar surface area (TPSA) is 85.3 Å². The number of ether oxygens (including phenoxy) is 3. The van der Waals surface area contributed by atoms with E-state index in [4.69, 9.17) is 14.2 Å². The van der Waals surface area contributed by atoms with Crippen LogP contribution in [0.25, 0.3) is 5.76 Å². The average Bonchev–Trinajstić information content (AvgIpc) is 3.13. The zero-order valence-electron chi connectivity index (χ0n) is 20.0. The van der Waals surface area contributed by atoms with E-state index in [0.29, 0.717) is 34.1 Å². The normalized spacial score (nSPS) is 17.1. The molecule has 0 radical (unpaired) electrons. The Hall–Kier alpha value is -4.26. The molecule has 1 fully saturated rings. The van der Waals surface area contributed by atoms with Crippen LogP contribution in [0.3, 0.4) is 0 Å². The molecule has 3 aromatic carbocycles. The Kier molecular flexibility index (Phi) is 6.78. The van der Waals surface area contributed by atoms with E-state index < -0.39 is 17.7 Å². The predicted molar refractivity (Wildman–Crippen MR) is 133 cm³/mol. The molecular formula is C28H27NO6. The number of aliphatic hydroxyl groups is 1. The van der Waals surface area contributed by atoms with E-state index in [2.05, 4.69) is 0 Å². The standard InChI is InChI=1S/C28H27NO6/c1-17(2)35-21-12-8-9-18(15-21)25-24(26(30)19-13-14-22(33-3)23(16-19)34-4)27(31)28(32)29(25)20-10-6-5-7-11-20/h5-17,25,30H,1-4H3/b26-24+. The maximum atomic E-state index is 13.3. The van der Waals surface area contributed by atoms with Gasteiger partial charge in [0.25, 0.3) is 11.7 Å². The van der Waals surface area contributed by atoms with Gasteiger partial charge in [-0.15, -0.1) is 0 Å². The fraction of sp³-hybridized carbons (Fsp3) is 0.214. The van der Waals surface area contributed by atoms with Crippen molar-refractivity contribution in [1.82, 2.24) is 0 Å².